The van der Waals surface area contributed by atoms with E-state index in [4.69, 9.17) is 31.2 Å². The summed E-state index contributed by atoms with van der Waals surface area (Å²) in [5.74, 6) is 0.713. The number of pyridine rings is 1. The van der Waals surface area contributed by atoms with E-state index >= 15 is 0 Å². The number of thioether (sulfide) groups is 1. The van der Waals surface area contributed by atoms with E-state index in [0.717, 1.165) is 65.7 Å². The molecule has 4 aromatic rings. The Morgan fingerprint density at radius 3 is 2.20 bits per heavy atom. The lowest BCUT2D eigenvalue weighted by Gasteiger charge is -2.30. The highest BCUT2D eigenvalue weighted by atomic mass is 35.5. The molecule has 1 heterocycles. The molecule has 0 aliphatic heterocycles. The van der Waals surface area contributed by atoms with E-state index in [2.05, 4.69) is 47.8 Å². The highest BCUT2D eigenvalue weighted by Gasteiger charge is 2.32. The number of nitrogens with zero attached hydrogens (tertiary/aromatic N) is 1. The van der Waals surface area contributed by atoms with Crippen LogP contribution in [-0.2, 0) is 16.0 Å². The molecule has 2 N–H and O–H groups in total. The van der Waals surface area contributed by atoms with Gasteiger partial charge in [-0.2, -0.15) is 11.8 Å². The van der Waals surface area contributed by atoms with Crippen LogP contribution < -0.4 is 5.32 Å². The third-order valence-electron chi connectivity index (χ3n) is 10.4. The maximum Gasteiger partial charge on any atom is 0.338 e. The summed E-state index contributed by atoms with van der Waals surface area (Å²) in [6, 6.07) is 28.3. The Morgan fingerprint density at radius 1 is 0.870 bits per heavy atom. The van der Waals surface area contributed by atoms with E-state index in [0.29, 0.717) is 15.8 Å². The van der Waals surface area contributed by atoms with Gasteiger partial charge in [0.15, 0.2) is 0 Å². The van der Waals surface area contributed by atoms with Gasteiger partial charge in [-0.15, -0.1) is 0 Å². The van der Waals surface area contributed by atoms with Gasteiger partial charge in [0.1, 0.15) is 0 Å². The average molecular weight is 769 g/mol. The number of rotatable bonds is 12. The number of hydrogen-bond acceptors (Lipinski definition) is 6. The standard InChI is InChI=1S/C32H30ClNO2S.C12H23N.C2H4O2/c1-36-32(35)29-10-3-2-7-23(29)9-5-19-37-31(25-12-13-25)26-8-4-6-22(20-26)11-17-28-18-15-24-14-16-27(33)21-30(24)34-28;1-3-7-11(8-4-1)13-12-9-5-2-6-10-12;1-2(3)4/h2-4,6-8,10-11,14-18,20-21,25,31H,5,9,12-13,19H2,1H3;11-13H,1-10H2;1H3,(H,3,4)/t31-;;/m1../s1. The Labute approximate surface area is 331 Å². The molecule has 3 aromatic carbocycles. The van der Waals surface area contributed by atoms with Gasteiger partial charge in [0.25, 0.3) is 5.97 Å². The predicted molar refractivity (Wildman–Crippen MR) is 226 cm³/mol. The molecular weight excluding hydrogens is 712 g/mol. The molecule has 3 saturated carbocycles. The second-order valence-electron chi connectivity index (χ2n) is 14.8. The maximum atomic E-state index is 12.1. The molecule has 0 radical (unpaired) electrons. The van der Waals surface area contributed by atoms with Gasteiger partial charge in [-0.1, -0.05) is 111 Å². The number of nitrogens with one attached hydrogen (secondary N) is 1. The van der Waals surface area contributed by atoms with E-state index in [1.165, 1.54) is 95.3 Å². The Hall–Kier alpha value is -3.65. The van der Waals surface area contributed by atoms with E-state index in [1.54, 1.807) is 0 Å². The molecule has 7 rings (SSSR count). The first-order chi connectivity index (χ1) is 26.3. The number of hydrogen-bond donors (Lipinski definition) is 2. The number of carboxylic acids is 1. The molecule has 3 fully saturated rings. The summed E-state index contributed by atoms with van der Waals surface area (Å²) < 4.78 is 4.94. The van der Waals surface area contributed by atoms with Crippen LogP contribution in [-0.4, -0.2) is 47.0 Å². The minimum Gasteiger partial charge on any atom is -0.481 e. The maximum absolute atomic E-state index is 12.1. The Bertz CT molecular complexity index is 1790. The van der Waals surface area contributed by atoms with Crippen molar-refractivity contribution in [3.63, 3.8) is 0 Å². The highest BCUT2D eigenvalue weighted by molar-refractivity contribution is 7.99. The van der Waals surface area contributed by atoms with Crippen molar-refractivity contribution in [3.8, 4) is 0 Å². The third-order valence-corrected chi connectivity index (χ3v) is 12.2. The van der Waals surface area contributed by atoms with Gasteiger partial charge in [-0.05, 0) is 110 Å². The molecule has 1 atom stereocenters. The number of methoxy groups -OCH3 is 1. The quantitative estimate of drug-likeness (QED) is 0.110. The largest absolute Gasteiger partial charge is 0.481 e. The van der Waals surface area contributed by atoms with Crippen LogP contribution in [0.25, 0.3) is 23.1 Å². The molecule has 0 unspecified atom stereocenters. The van der Waals surface area contributed by atoms with Crippen molar-refractivity contribution in [1.82, 2.24) is 10.3 Å². The average Bonchev–Trinajstić information content (AvgIpc) is 4.03. The number of ether oxygens (including phenoxy) is 1. The fraction of sp³-hybridized carbons (Fsp3) is 0.457. The summed E-state index contributed by atoms with van der Waals surface area (Å²) in [7, 11) is 1.44. The first-order valence-corrected chi connectivity index (χ1v) is 21.3. The number of carboxylic acid groups (broad SMARTS) is 1. The smallest absolute Gasteiger partial charge is 0.338 e. The summed E-state index contributed by atoms with van der Waals surface area (Å²) in [4.78, 5) is 25.8. The molecule has 3 aliphatic rings. The summed E-state index contributed by atoms with van der Waals surface area (Å²) in [5.41, 5.74) is 6.14. The van der Waals surface area contributed by atoms with Crippen LogP contribution in [0.2, 0.25) is 5.02 Å². The number of carbonyl (C=O) groups excluding carboxylic acids is 1. The molecule has 1 aromatic heterocycles. The van der Waals surface area contributed by atoms with Gasteiger partial charge in [0.2, 0.25) is 0 Å². The van der Waals surface area contributed by atoms with Crippen LogP contribution in [0.15, 0.2) is 78.9 Å². The number of carbonyl (C=O) groups is 2. The minimum absolute atomic E-state index is 0.258. The normalized spacial score (nSPS) is 16.9. The minimum atomic E-state index is -0.833. The SMILES string of the molecule is C1CCC(NC2CCCCC2)CC1.CC(=O)O.COC(=O)c1ccccc1CCCS[C@@H](c1cccc(C=Cc2ccc3ccc(Cl)cc3n2)c1)C1CC1. The lowest BCUT2D eigenvalue weighted by atomic mass is 9.91. The van der Waals surface area contributed by atoms with E-state index in [-0.39, 0.29) is 5.97 Å². The molecule has 0 bridgehead atoms. The van der Waals surface area contributed by atoms with Gasteiger partial charge >= 0.3 is 5.97 Å². The Kier molecular flexibility index (Phi) is 16.9. The number of esters is 1. The van der Waals surface area contributed by atoms with Crippen molar-refractivity contribution in [2.75, 3.05) is 12.9 Å². The second-order valence-corrected chi connectivity index (χ2v) is 16.5. The van der Waals surface area contributed by atoms with Gasteiger partial charge < -0.3 is 15.2 Å². The fourth-order valence-corrected chi connectivity index (χ4v) is 9.13. The van der Waals surface area contributed by atoms with Crippen molar-refractivity contribution >= 4 is 58.4 Å². The zero-order valence-corrected chi connectivity index (χ0v) is 33.6. The number of benzene rings is 3. The number of aromatic nitrogens is 1. The number of aryl methyl sites for hydroxylation is 1. The molecule has 3 aliphatic carbocycles. The molecular formula is C46H57ClN2O4S. The Balaban J connectivity index is 0.000000272. The van der Waals surface area contributed by atoms with Crippen LogP contribution in [0.1, 0.15) is 128 Å². The highest BCUT2D eigenvalue weighted by Crippen LogP contribution is 2.49. The predicted octanol–water partition coefficient (Wildman–Crippen LogP) is 12.0. The van der Waals surface area contributed by atoms with Crippen LogP contribution in [0.5, 0.6) is 0 Å². The topological polar surface area (TPSA) is 88.5 Å². The van der Waals surface area contributed by atoms with Crippen LogP contribution in [0.4, 0.5) is 0 Å². The first kappa shape index (κ1) is 41.5. The fourth-order valence-electron chi connectivity index (χ4n) is 7.52. The Morgan fingerprint density at radius 2 is 1.54 bits per heavy atom. The number of halogens is 1. The number of aliphatic carboxylic acids is 1. The summed E-state index contributed by atoms with van der Waals surface area (Å²) in [6.07, 6.45) is 23.3. The lowest BCUT2D eigenvalue weighted by molar-refractivity contribution is -0.134. The third kappa shape index (κ3) is 13.9. The first-order valence-electron chi connectivity index (χ1n) is 19.9. The van der Waals surface area contributed by atoms with Crippen molar-refractivity contribution in [2.24, 2.45) is 5.92 Å². The molecule has 0 amide bonds. The van der Waals surface area contributed by atoms with Gasteiger partial charge in [-0.3, -0.25) is 4.79 Å². The van der Waals surface area contributed by atoms with Gasteiger partial charge in [-0.25, -0.2) is 9.78 Å². The summed E-state index contributed by atoms with van der Waals surface area (Å²) >= 11 is 8.19. The summed E-state index contributed by atoms with van der Waals surface area (Å²) in [5, 5.41) is 13.6. The molecule has 54 heavy (non-hydrogen) atoms. The van der Waals surface area contributed by atoms with Crippen LogP contribution in [0, 0.1) is 5.92 Å². The molecule has 288 valence electrons. The van der Waals surface area contributed by atoms with E-state index < -0.39 is 5.97 Å². The zero-order valence-electron chi connectivity index (χ0n) is 32.0. The molecule has 0 spiro atoms. The second kappa shape index (κ2) is 22.0. The molecule has 8 heteroatoms. The van der Waals surface area contributed by atoms with Crippen molar-refractivity contribution in [2.45, 2.75) is 114 Å². The van der Waals surface area contributed by atoms with Crippen molar-refractivity contribution in [3.05, 3.63) is 112 Å². The molecule has 0 saturated heterocycles. The van der Waals surface area contributed by atoms with E-state index in [9.17, 15) is 4.79 Å². The zero-order chi connectivity index (χ0) is 38.1. The number of fused-ring (bicyclic) bond motifs is 1. The van der Waals surface area contributed by atoms with Gasteiger partial charge in [0.05, 0.1) is 23.9 Å². The van der Waals surface area contributed by atoms with Gasteiger partial charge in [0, 0.05) is 34.7 Å². The molecule has 6 nitrogen and oxygen atoms in total. The van der Waals surface area contributed by atoms with Crippen LogP contribution in [0.3, 0.4) is 0 Å². The van der Waals surface area contributed by atoms with Crippen molar-refractivity contribution < 1.29 is 19.4 Å². The lowest BCUT2D eigenvalue weighted by Crippen LogP contribution is -2.40. The summed E-state index contributed by atoms with van der Waals surface area (Å²) in [6.45, 7) is 1.08. The van der Waals surface area contributed by atoms with E-state index in [1.807, 2.05) is 60.3 Å². The van der Waals surface area contributed by atoms with Crippen molar-refractivity contribution in [1.29, 1.82) is 0 Å². The monoisotopic (exact) mass is 768 g/mol. The van der Waals surface area contributed by atoms with Crippen LogP contribution >= 0.6 is 23.4 Å².